The zero-order valence-electron chi connectivity index (χ0n) is 19.7. The molecule has 1 heterocycles. The number of nitriles is 1. The molecule has 1 N–H and O–H groups in total. The lowest BCUT2D eigenvalue weighted by Gasteiger charge is -2.32. The van der Waals surface area contributed by atoms with E-state index in [4.69, 9.17) is 9.47 Å². The van der Waals surface area contributed by atoms with Crippen molar-refractivity contribution in [2.24, 2.45) is 0 Å². The summed E-state index contributed by atoms with van der Waals surface area (Å²) in [5.41, 5.74) is 3.51. The number of nitrogens with one attached hydrogen (secondary N) is 1. The first-order valence-electron chi connectivity index (χ1n) is 11.2. The quantitative estimate of drug-likeness (QED) is 0.593. The molecule has 2 aromatic rings. The fraction of sp³-hybridized carbons (Fsp3) is 0.423. The molecule has 0 aromatic heterocycles. The summed E-state index contributed by atoms with van der Waals surface area (Å²) in [5, 5.41) is 12.8. The molecule has 7 nitrogen and oxygen atoms in total. The van der Waals surface area contributed by atoms with Crippen LogP contribution in [0.15, 0.2) is 36.4 Å². The molecule has 0 saturated carbocycles. The number of amides is 1. The molecule has 2 aromatic carbocycles. The predicted molar refractivity (Wildman–Crippen MR) is 127 cm³/mol. The van der Waals surface area contributed by atoms with Crippen LogP contribution in [0.3, 0.4) is 0 Å². The molecule has 3 rings (SSSR count). The molecule has 1 aliphatic heterocycles. The number of carbonyl (C=O) groups is 2. The summed E-state index contributed by atoms with van der Waals surface area (Å²) in [4.78, 5) is 25.9. The second kappa shape index (κ2) is 10.4. The van der Waals surface area contributed by atoms with Gasteiger partial charge in [0.05, 0.1) is 23.4 Å². The van der Waals surface area contributed by atoms with Crippen LogP contribution >= 0.6 is 0 Å². The van der Waals surface area contributed by atoms with Crippen molar-refractivity contribution in [1.82, 2.24) is 4.90 Å². The number of nitrogens with zero attached hydrogens (tertiary/aromatic N) is 2. The molecule has 0 fully saturated rings. The summed E-state index contributed by atoms with van der Waals surface area (Å²) < 4.78 is 11.4. The molecule has 1 atom stereocenters. The zero-order chi connectivity index (χ0) is 24.0. The van der Waals surface area contributed by atoms with E-state index in [2.05, 4.69) is 17.5 Å². The van der Waals surface area contributed by atoms with Crippen LogP contribution in [-0.4, -0.2) is 48.6 Å². The molecule has 1 aliphatic rings. The molecule has 174 valence electrons. The van der Waals surface area contributed by atoms with Crippen molar-refractivity contribution in [2.75, 3.05) is 25.0 Å². The third kappa shape index (κ3) is 6.26. The van der Waals surface area contributed by atoms with Crippen LogP contribution in [0.25, 0.3) is 0 Å². The van der Waals surface area contributed by atoms with Gasteiger partial charge in [0.25, 0.3) is 0 Å². The van der Waals surface area contributed by atoms with Crippen molar-refractivity contribution in [2.45, 2.75) is 52.2 Å². The lowest BCUT2D eigenvalue weighted by molar-refractivity contribution is 0.0148. The Bertz CT molecular complexity index is 1050. The van der Waals surface area contributed by atoms with Crippen molar-refractivity contribution < 1.29 is 19.1 Å². The summed E-state index contributed by atoms with van der Waals surface area (Å²) in [5.74, 6) is 0.481. The monoisotopic (exact) mass is 449 g/mol. The highest BCUT2D eigenvalue weighted by molar-refractivity contribution is 5.79. The molecule has 0 unspecified atom stereocenters. The van der Waals surface area contributed by atoms with E-state index in [0.29, 0.717) is 29.8 Å². The smallest absolute Gasteiger partial charge is 0.410 e. The number of hydrogen-bond donors (Lipinski definition) is 1. The first-order chi connectivity index (χ1) is 15.7. The molecule has 1 amide bonds. The average molecular weight is 450 g/mol. The number of para-hydroxylation sites is 1. The number of carbonyl (C=O) groups excluding carboxylic acids is 2. The lowest BCUT2D eigenvalue weighted by atomic mass is 9.98. The minimum absolute atomic E-state index is 0.191. The van der Waals surface area contributed by atoms with Crippen LogP contribution in [0.1, 0.15) is 54.7 Å². The molecule has 0 bridgehead atoms. The lowest BCUT2D eigenvalue weighted by Crippen LogP contribution is -2.45. The van der Waals surface area contributed by atoms with Gasteiger partial charge in [0, 0.05) is 12.6 Å². The Morgan fingerprint density at radius 1 is 1.30 bits per heavy atom. The Balaban J connectivity index is 1.75. The number of aldehydes is 1. The van der Waals surface area contributed by atoms with E-state index in [-0.39, 0.29) is 12.6 Å². The summed E-state index contributed by atoms with van der Waals surface area (Å²) in [6, 6.07) is 13.1. The summed E-state index contributed by atoms with van der Waals surface area (Å²) in [6.45, 7) is 8.78. The molecule has 0 radical (unpaired) electrons. The van der Waals surface area contributed by atoms with E-state index in [1.165, 1.54) is 0 Å². The maximum atomic E-state index is 13.0. The van der Waals surface area contributed by atoms with Crippen molar-refractivity contribution >= 4 is 18.1 Å². The standard InChI is InChI=1S/C26H31N3O4/c1-18(13-19-14-20-9-10-28-24(20)22(15-19)16-27)29(25(31)33-26(2,3)4)11-12-32-23-8-6-5-7-21(23)17-30/h5-8,14-15,17-18,28H,9-13H2,1-4H3/t18-/m1/s1. The molecule has 0 spiro atoms. The number of fused-ring (bicyclic) bond motifs is 1. The Labute approximate surface area is 195 Å². The van der Waals surface area contributed by atoms with E-state index in [0.717, 1.165) is 36.1 Å². The van der Waals surface area contributed by atoms with Gasteiger partial charge in [0.15, 0.2) is 6.29 Å². The Morgan fingerprint density at radius 2 is 2.06 bits per heavy atom. The molecular weight excluding hydrogens is 418 g/mol. The van der Waals surface area contributed by atoms with Crippen LogP contribution < -0.4 is 10.1 Å². The Hall–Kier alpha value is -3.53. The highest BCUT2D eigenvalue weighted by Crippen LogP contribution is 2.29. The van der Waals surface area contributed by atoms with Gasteiger partial charge in [-0.2, -0.15) is 5.26 Å². The second-order valence-electron chi connectivity index (χ2n) is 9.20. The first kappa shape index (κ1) is 24.1. The molecule has 0 aliphatic carbocycles. The van der Waals surface area contributed by atoms with Gasteiger partial charge in [-0.15, -0.1) is 0 Å². The minimum Gasteiger partial charge on any atom is -0.491 e. The number of anilines is 1. The zero-order valence-corrected chi connectivity index (χ0v) is 19.7. The van der Waals surface area contributed by atoms with E-state index >= 15 is 0 Å². The van der Waals surface area contributed by atoms with Crippen molar-refractivity contribution in [3.05, 3.63) is 58.7 Å². The van der Waals surface area contributed by atoms with Gasteiger partial charge in [0.2, 0.25) is 0 Å². The van der Waals surface area contributed by atoms with Crippen molar-refractivity contribution in [3.8, 4) is 11.8 Å². The average Bonchev–Trinajstić information content (AvgIpc) is 3.23. The summed E-state index contributed by atoms with van der Waals surface area (Å²) in [7, 11) is 0. The van der Waals surface area contributed by atoms with Gasteiger partial charge in [-0.05, 0) is 69.9 Å². The molecule has 0 saturated heterocycles. The fourth-order valence-electron chi connectivity index (χ4n) is 3.93. The van der Waals surface area contributed by atoms with Gasteiger partial charge in [0.1, 0.15) is 24.0 Å². The van der Waals surface area contributed by atoms with E-state index in [9.17, 15) is 14.9 Å². The highest BCUT2D eigenvalue weighted by Gasteiger charge is 2.27. The van der Waals surface area contributed by atoms with Crippen LogP contribution in [-0.2, 0) is 17.6 Å². The minimum atomic E-state index is -0.632. The summed E-state index contributed by atoms with van der Waals surface area (Å²) >= 11 is 0. The fourth-order valence-corrected chi connectivity index (χ4v) is 3.93. The number of benzene rings is 2. The van der Waals surface area contributed by atoms with Gasteiger partial charge >= 0.3 is 6.09 Å². The largest absolute Gasteiger partial charge is 0.491 e. The Morgan fingerprint density at radius 3 is 2.76 bits per heavy atom. The molecule has 7 heteroatoms. The second-order valence-corrected chi connectivity index (χ2v) is 9.20. The van der Waals surface area contributed by atoms with E-state index in [1.807, 2.05) is 33.8 Å². The van der Waals surface area contributed by atoms with Crippen molar-refractivity contribution in [1.29, 1.82) is 5.26 Å². The van der Waals surface area contributed by atoms with E-state index in [1.54, 1.807) is 29.2 Å². The highest BCUT2D eigenvalue weighted by atomic mass is 16.6. The van der Waals surface area contributed by atoms with Gasteiger partial charge in [-0.1, -0.05) is 18.2 Å². The third-order valence-electron chi connectivity index (χ3n) is 5.42. The Kier molecular flexibility index (Phi) is 7.59. The van der Waals surface area contributed by atoms with Gasteiger partial charge in [-0.25, -0.2) is 4.79 Å². The van der Waals surface area contributed by atoms with Gasteiger partial charge < -0.3 is 19.7 Å². The normalized spacial score (nSPS) is 13.3. The SMILES string of the molecule is C[C@H](Cc1cc(C#N)c2c(c1)CCN2)N(CCOc1ccccc1C=O)C(=O)OC(C)(C)C. The van der Waals surface area contributed by atoms with Crippen LogP contribution in [0.5, 0.6) is 5.75 Å². The van der Waals surface area contributed by atoms with E-state index < -0.39 is 11.7 Å². The number of rotatable bonds is 8. The summed E-state index contributed by atoms with van der Waals surface area (Å²) in [6.07, 6.45) is 1.78. The number of hydrogen-bond acceptors (Lipinski definition) is 6. The van der Waals surface area contributed by atoms with Crippen LogP contribution in [0.2, 0.25) is 0 Å². The maximum Gasteiger partial charge on any atom is 0.410 e. The predicted octanol–water partition coefficient (Wildman–Crippen LogP) is 4.59. The van der Waals surface area contributed by atoms with Crippen LogP contribution in [0, 0.1) is 11.3 Å². The number of ether oxygens (including phenoxy) is 2. The van der Waals surface area contributed by atoms with Crippen LogP contribution in [0.4, 0.5) is 10.5 Å². The first-order valence-corrected chi connectivity index (χ1v) is 11.2. The van der Waals surface area contributed by atoms with Gasteiger partial charge in [-0.3, -0.25) is 4.79 Å². The van der Waals surface area contributed by atoms with Crippen molar-refractivity contribution in [3.63, 3.8) is 0 Å². The molecule has 33 heavy (non-hydrogen) atoms. The molecular formula is C26H31N3O4. The third-order valence-corrected chi connectivity index (χ3v) is 5.42. The topological polar surface area (TPSA) is 91.7 Å². The maximum absolute atomic E-state index is 13.0.